The summed E-state index contributed by atoms with van der Waals surface area (Å²) >= 11 is 3.42. The molecule has 4 nitrogen and oxygen atoms in total. The number of pyridine rings is 1. The van der Waals surface area contributed by atoms with Gasteiger partial charge in [0.1, 0.15) is 4.60 Å². The fourth-order valence-electron chi connectivity index (χ4n) is 1.58. The molecular formula is C11H7BrN4. The molecule has 3 aromatic rings. The van der Waals surface area contributed by atoms with Crippen molar-refractivity contribution >= 4 is 21.4 Å². The van der Waals surface area contributed by atoms with Gasteiger partial charge in [-0.25, -0.2) is 9.50 Å². The molecule has 78 valence electrons. The standard InChI is InChI=1S/C11H7BrN4/c12-10-9-4-2-6-14-16(9)11(15-10)8-3-1-5-13-7-8/h1-7H. The number of hydrogen-bond acceptors (Lipinski definition) is 3. The Morgan fingerprint density at radius 2 is 2.00 bits per heavy atom. The van der Waals surface area contributed by atoms with Crippen LogP contribution >= 0.6 is 15.9 Å². The van der Waals surface area contributed by atoms with E-state index in [4.69, 9.17) is 0 Å². The van der Waals surface area contributed by atoms with Crippen LogP contribution in [0.15, 0.2) is 47.5 Å². The maximum atomic E-state index is 4.44. The number of hydrogen-bond donors (Lipinski definition) is 0. The smallest absolute Gasteiger partial charge is 0.164 e. The molecule has 0 radical (unpaired) electrons. The van der Waals surface area contributed by atoms with Gasteiger partial charge in [0.2, 0.25) is 0 Å². The Balaban J connectivity index is 2.33. The highest BCUT2D eigenvalue weighted by Gasteiger charge is 2.10. The molecule has 0 aliphatic carbocycles. The van der Waals surface area contributed by atoms with E-state index in [2.05, 4.69) is 31.0 Å². The van der Waals surface area contributed by atoms with Crippen LogP contribution in [-0.2, 0) is 0 Å². The first-order valence-electron chi connectivity index (χ1n) is 4.76. The minimum atomic E-state index is 0.788. The van der Waals surface area contributed by atoms with Gasteiger partial charge in [-0.15, -0.1) is 0 Å². The highest BCUT2D eigenvalue weighted by molar-refractivity contribution is 9.10. The lowest BCUT2D eigenvalue weighted by atomic mass is 10.3. The van der Waals surface area contributed by atoms with Gasteiger partial charge in [-0.3, -0.25) is 4.98 Å². The molecule has 0 amide bonds. The van der Waals surface area contributed by atoms with Gasteiger partial charge in [-0.2, -0.15) is 5.10 Å². The molecule has 16 heavy (non-hydrogen) atoms. The second-order valence-corrected chi connectivity index (χ2v) is 4.04. The molecule has 0 saturated heterocycles. The average molecular weight is 275 g/mol. The number of rotatable bonds is 1. The normalized spacial score (nSPS) is 10.8. The summed E-state index contributed by atoms with van der Waals surface area (Å²) in [6.07, 6.45) is 5.25. The summed E-state index contributed by atoms with van der Waals surface area (Å²) in [7, 11) is 0. The Kier molecular flexibility index (Phi) is 2.18. The Bertz CT molecular complexity index is 633. The maximum Gasteiger partial charge on any atom is 0.164 e. The van der Waals surface area contributed by atoms with Crippen LogP contribution in [0.4, 0.5) is 0 Å². The van der Waals surface area contributed by atoms with E-state index in [1.807, 2.05) is 24.3 Å². The van der Waals surface area contributed by atoms with E-state index in [1.54, 1.807) is 23.1 Å². The summed E-state index contributed by atoms with van der Waals surface area (Å²) in [5, 5.41) is 4.27. The van der Waals surface area contributed by atoms with Gasteiger partial charge >= 0.3 is 0 Å². The minimum Gasteiger partial charge on any atom is -0.264 e. The number of fused-ring (bicyclic) bond motifs is 1. The molecular weight excluding hydrogens is 268 g/mol. The molecule has 3 heterocycles. The number of nitrogens with zero attached hydrogens (tertiary/aromatic N) is 4. The van der Waals surface area contributed by atoms with Crippen molar-refractivity contribution in [2.75, 3.05) is 0 Å². The van der Waals surface area contributed by atoms with E-state index in [0.717, 1.165) is 21.5 Å². The molecule has 5 heteroatoms. The first-order chi connectivity index (χ1) is 7.86. The molecule has 0 spiro atoms. The summed E-state index contributed by atoms with van der Waals surface area (Å²) in [6.45, 7) is 0. The van der Waals surface area contributed by atoms with Crippen molar-refractivity contribution in [2.45, 2.75) is 0 Å². The fraction of sp³-hybridized carbons (Fsp3) is 0. The predicted octanol–water partition coefficient (Wildman–Crippen LogP) is 2.55. The van der Waals surface area contributed by atoms with Gasteiger partial charge in [0.15, 0.2) is 5.82 Å². The van der Waals surface area contributed by atoms with Gasteiger partial charge in [-0.05, 0) is 40.2 Å². The van der Waals surface area contributed by atoms with Crippen LogP contribution in [0, 0.1) is 0 Å². The van der Waals surface area contributed by atoms with E-state index in [1.165, 1.54) is 0 Å². The molecule has 0 unspecified atom stereocenters. The molecule has 0 aliphatic heterocycles. The van der Waals surface area contributed by atoms with Crippen molar-refractivity contribution in [1.29, 1.82) is 0 Å². The van der Waals surface area contributed by atoms with E-state index in [-0.39, 0.29) is 0 Å². The van der Waals surface area contributed by atoms with Crippen LogP contribution in [0.25, 0.3) is 16.9 Å². The highest BCUT2D eigenvalue weighted by atomic mass is 79.9. The van der Waals surface area contributed by atoms with Crippen LogP contribution in [0.2, 0.25) is 0 Å². The Morgan fingerprint density at radius 1 is 1.12 bits per heavy atom. The molecule has 0 bridgehead atoms. The number of imidazole rings is 1. The third-order valence-corrected chi connectivity index (χ3v) is 2.87. The van der Waals surface area contributed by atoms with Crippen LogP contribution in [0.5, 0.6) is 0 Å². The lowest BCUT2D eigenvalue weighted by molar-refractivity contribution is 0.934. The second-order valence-electron chi connectivity index (χ2n) is 3.29. The van der Waals surface area contributed by atoms with Crippen molar-refractivity contribution in [3.05, 3.63) is 47.5 Å². The zero-order valence-electron chi connectivity index (χ0n) is 8.21. The molecule has 0 aliphatic rings. The van der Waals surface area contributed by atoms with Gasteiger partial charge in [0.25, 0.3) is 0 Å². The van der Waals surface area contributed by atoms with Crippen molar-refractivity contribution in [3.63, 3.8) is 0 Å². The molecule has 0 N–H and O–H groups in total. The molecule has 3 aromatic heterocycles. The lowest BCUT2D eigenvalue weighted by Crippen LogP contribution is -1.93. The SMILES string of the molecule is Brc1nc(-c2cccnc2)n2ncccc12. The van der Waals surface area contributed by atoms with Crippen LogP contribution < -0.4 is 0 Å². The van der Waals surface area contributed by atoms with Crippen LogP contribution in [-0.4, -0.2) is 19.6 Å². The van der Waals surface area contributed by atoms with Crippen molar-refractivity contribution in [2.24, 2.45) is 0 Å². The first-order valence-corrected chi connectivity index (χ1v) is 5.55. The van der Waals surface area contributed by atoms with Gasteiger partial charge in [0, 0.05) is 24.2 Å². The monoisotopic (exact) mass is 274 g/mol. The molecule has 0 aromatic carbocycles. The molecule has 0 atom stereocenters. The van der Waals surface area contributed by atoms with E-state index >= 15 is 0 Å². The van der Waals surface area contributed by atoms with E-state index < -0.39 is 0 Å². The molecule has 3 rings (SSSR count). The average Bonchev–Trinajstić information content (AvgIpc) is 2.69. The molecule has 0 fully saturated rings. The zero-order chi connectivity index (χ0) is 11.0. The van der Waals surface area contributed by atoms with Crippen molar-refractivity contribution < 1.29 is 0 Å². The Morgan fingerprint density at radius 3 is 2.81 bits per heavy atom. The molecule has 0 saturated carbocycles. The number of aromatic nitrogens is 4. The zero-order valence-corrected chi connectivity index (χ0v) is 9.79. The Hall–Kier alpha value is -1.75. The summed E-state index contributed by atoms with van der Waals surface area (Å²) in [6, 6.07) is 7.69. The summed E-state index contributed by atoms with van der Waals surface area (Å²) < 4.78 is 2.58. The maximum absolute atomic E-state index is 4.44. The minimum absolute atomic E-state index is 0.788. The number of halogens is 1. The lowest BCUT2D eigenvalue weighted by Gasteiger charge is -1.98. The van der Waals surface area contributed by atoms with Crippen LogP contribution in [0.3, 0.4) is 0 Å². The fourth-order valence-corrected chi connectivity index (χ4v) is 2.04. The van der Waals surface area contributed by atoms with Crippen molar-refractivity contribution in [3.8, 4) is 11.4 Å². The van der Waals surface area contributed by atoms with Gasteiger partial charge in [0.05, 0.1) is 5.52 Å². The topological polar surface area (TPSA) is 43.1 Å². The summed E-state index contributed by atoms with van der Waals surface area (Å²) in [5.74, 6) is 0.788. The van der Waals surface area contributed by atoms with E-state index in [9.17, 15) is 0 Å². The summed E-state index contributed by atoms with van der Waals surface area (Å²) in [5.41, 5.74) is 1.89. The summed E-state index contributed by atoms with van der Waals surface area (Å²) in [4.78, 5) is 8.52. The van der Waals surface area contributed by atoms with Gasteiger partial charge in [-0.1, -0.05) is 0 Å². The Labute approximate surface area is 100 Å². The van der Waals surface area contributed by atoms with Gasteiger partial charge < -0.3 is 0 Å². The second kappa shape index (κ2) is 3.68. The first kappa shape index (κ1) is 9.47. The highest BCUT2D eigenvalue weighted by Crippen LogP contribution is 2.23. The predicted molar refractivity (Wildman–Crippen MR) is 63.9 cm³/mol. The quantitative estimate of drug-likeness (QED) is 0.685. The third-order valence-electron chi connectivity index (χ3n) is 2.29. The third kappa shape index (κ3) is 1.40. The van der Waals surface area contributed by atoms with Crippen molar-refractivity contribution in [1.82, 2.24) is 19.6 Å². The van der Waals surface area contributed by atoms with Crippen LogP contribution in [0.1, 0.15) is 0 Å². The van der Waals surface area contributed by atoms with E-state index in [0.29, 0.717) is 0 Å². The largest absolute Gasteiger partial charge is 0.264 e.